The lowest BCUT2D eigenvalue weighted by molar-refractivity contribution is -0.688. The maximum Gasteiger partial charge on any atom is 0.355 e. The summed E-state index contributed by atoms with van der Waals surface area (Å²) in [6, 6.07) is 5.19. The second-order valence-corrected chi connectivity index (χ2v) is 4.40. The Bertz CT molecular complexity index is 671. The number of pyridine rings is 2. The monoisotopic (exact) mass is 352 g/mol. The van der Waals surface area contributed by atoms with E-state index in [1.165, 1.54) is 12.3 Å². The average molecular weight is 353 g/mol. The van der Waals surface area contributed by atoms with Gasteiger partial charge in [-0.15, -0.1) is 0 Å². The molecular formula is C14H13BrN2O4. The van der Waals surface area contributed by atoms with E-state index in [2.05, 4.69) is 4.98 Å². The first kappa shape index (κ1) is 16.8. The first-order chi connectivity index (χ1) is 9.47. The van der Waals surface area contributed by atoms with E-state index in [1.54, 1.807) is 0 Å². The van der Waals surface area contributed by atoms with Crippen LogP contribution in [0.15, 0.2) is 36.8 Å². The van der Waals surface area contributed by atoms with E-state index in [-0.39, 0.29) is 22.5 Å². The minimum atomic E-state index is -1.35. The summed E-state index contributed by atoms with van der Waals surface area (Å²) in [6.45, 7) is 2.39. The van der Waals surface area contributed by atoms with Crippen LogP contribution in [-0.2, 0) is 6.54 Å². The van der Waals surface area contributed by atoms with Gasteiger partial charge >= 0.3 is 11.9 Å². The van der Waals surface area contributed by atoms with Crippen LogP contribution >= 0.6 is 0 Å². The Kier molecular flexibility index (Phi) is 5.54. The second kappa shape index (κ2) is 6.94. The van der Waals surface area contributed by atoms with Gasteiger partial charge in [0.2, 0.25) is 0 Å². The Morgan fingerprint density at radius 3 is 2.33 bits per heavy atom. The van der Waals surface area contributed by atoms with Crippen LogP contribution in [0.3, 0.4) is 0 Å². The zero-order valence-electron chi connectivity index (χ0n) is 11.2. The normalized spacial score (nSPS) is 9.76. The summed E-state index contributed by atoms with van der Waals surface area (Å²) in [4.78, 5) is 25.7. The number of carboxylic acids is 2. The van der Waals surface area contributed by atoms with Gasteiger partial charge in [0.1, 0.15) is 0 Å². The van der Waals surface area contributed by atoms with E-state index in [0.29, 0.717) is 12.1 Å². The maximum absolute atomic E-state index is 11.1. The van der Waals surface area contributed by atoms with Crippen molar-refractivity contribution in [3.05, 3.63) is 59.2 Å². The Balaban J connectivity index is 0.00000220. The lowest BCUT2D eigenvalue weighted by atomic mass is 10.1. The van der Waals surface area contributed by atoms with Crippen molar-refractivity contribution in [1.29, 1.82) is 0 Å². The van der Waals surface area contributed by atoms with Crippen molar-refractivity contribution in [2.24, 2.45) is 0 Å². The molecule has 2 rings (SSSR count). The molecule has 7 heteroatoms. The molecule has 2 heterocycles. The number of halogens is 1. The van der Waals surface area contributed by atoms with Crippen molar-refractivity contribution < 1.29 is 41.4 Å². The van der Waals surface area contributed by atoms with Crippen LogP contribution in [0.1, 0.15) is 32.0 Å². The van der Waals surface area contributed by atoms with Gasteiger partial charge in [-0.05, 0) is 18.6 Å². The van der Waals surface area contributed by atoms with Crippen molar-refractivity contribution in [2.45, 2.75) is 13.5 Å². The highest BCUT2D eigenvalue weighted by Crippen LogP contribution is 2.09. The molecule has 21 heavy (non-hydrogen) atoms. The van der Waals surface area contributed by atoms with E-state index in [0.717, 1.165) is 5.56 Å². The van der Waals surface area contributed by atoms with Crippen molar-refractivity contribution in [1.82, 2.24) is 4.98 Å². The summed E-state index contributed by atoms with van der Waals surface area (Å²) >= 11 is 0. The largest absolute Gasteiger partial charge is 1.00 e. The van der Waals surface area contributed by atoms with Crippen LogP contribution in [0.4, 0.5) is 0 Å². The zero-order chi connectivity index (χ0) is 14.7. The molecule has 0 aliphatic rings. The molecule has 0 atom stereocenters. The van der Waals surface area contributed by atoms with Gasteiger partial charge in [0.05, 0.1) is 5.56 Å². The Morgan fingerprint density at radius 1 is 1.19 bits per heavy atom. The lowest BCUT2D eigenvalue weighted by Gasteiger charge is -2.03. The highest BCUT2D eigenvalue weighted by molar-refractivity contribution is 6.00. The van der Waals surface area contributed by atoms with Gasteiger partial charge in [-0.2, -0.15) is 0 Å². The third-order valence-corrected chi connectivity index (χ3v) is 2.80. The van der Waals surface area contributed by atoms with Crippen LogP contribution in [0.5, 0.6) is 0 Å². The Morgan fingerprint density at radius 2 is 1.81 bits per heavy atom. The molecule has 2 aromatic heterocycles. The van der Waals surface area contributed by atoms with Gasteiger partial charge in [0.25, 0.3) is 0 Å². The van der Waals surface area contributed by atoms with Gasteiger partial charge < -0.3 is 27.2 Å². The van der Waals surface area contributed by atoms with Gasteiger partial charge in [0, 0.05) is 23.9 Å². The third-order valence-electron chi connectivity index (χ3n) is 2.80. The van der Waals surface area contributed by atoms with E-state index in [1.807, 2.05) is 36.0 Å². The lowest BCUT2D eigenvalue weighted by Crippen LogP contribution is -3.00. The number of carbonyl (C=O) groups is 2. The number of hydrogen-bond donors (Lipinski definition) is 2. The topological polar surface area (TPSA) is 91.4 Å². The molecule has 2 N–H and O–H groups in total. The fraction of sp³-hybridized carbons (Fsp3) is 0.143. The summed E-state index contributed by atoms with van der Waals surface area (Å²) in [7, 11) is 0. The van der Waals surface area contributed by atoms with Gasteiger partial charge in [0.15, 0.2) is 24.6 Å². The molecule has 0 saturated carbocycles. The summed E-state index contributed by atoms with van der Waals surface area (Å²) in [5.74, 6) is -2.65. The number of carboxylic acid groups (broad SMARTS) is 2. The SMILES string of the molecule is Cc1cc[n+](Cc2cnc(C(=O)O)c(C(=O)O)c2)cc1.[Br-]. The molecule has 0 aliphatic carbocycles. The summed E-state index contributed by atoms with van der Waals surface area (Å²) in [5.41, 5.74) is 0.992. The molecule has 0 unspecified atom stereocenters. The highest BCUT2D eigenvalue weighted by Gasteiger charge is 2.19. The first-order valence-electron chi connectivity index (χ1n) is 5.88. The van der Waals surface area contributed by atoms with Crippen molar-refractivity contribution >= 4 is 11.9 Å². The van der Waals surface area contributed by atoms with Crippen molar-refractivity contribution in [3.8, 4) is 0 Å². The quantitative estimate of drug-likeness (QED) is 0.629. The molecule has 110 valence electrons. The summed E-state index contributed by atoms with van der Waals surface area (Å²) < 4.78 is 1.86. The molecule has 0 fully saturated rings. The molecule has 6 nitrogen and oxygen atoms in total. The van der Waals surface area contributed by atoms with E-state index in [9.17, 15) is 9.59 Å². The fourth-order valence-electron chi connectivity index (χ4n) is 1.78. The standard InChI is InChI=1S/C14H12N2O4.BrH/c1-9-2-4-16(5-3-9)8-10-6-11(13(17)18)12(14(19)20)15-7-10;/h2-7H,8H2,1H3,(H-,17,18,19,20);1H. The van der Waals surface area contributed by atoms with E-state index in [4.69, 9.17) is 10.2 Å². The molecular weight excluding hydrogens is 340 g/mol. The number of aromatic carboxylic acids is 2. The van der Waals surface area contributed by atoms with Gasteiger partial charge in [-0.3, -0.25) is 0 Å². The Hall–Kier alpha value is -2.28. The minimum Gasteiger partial charge on any atom is -1.00 e. The van der Waals surface area contributed by atoms with E-state index < -0.39 is 17.6 Å². The maximum atomic E-state index is 11.1. The number of rotatable bonds is 4. The van der Waals surface area contributed by atoms with Crippen LogP contribution in [0.2, 0.25) is 0 Å². The first-order valence-corrected chi connectivity index (χ1v) is 5.88. The number of aromatic nitrogens is 2. The van der Waals surface area contributed by atoms with Crippen LogP contribution in [0, 0.1) is 6.92 Å². The average Bonchev–Trinajstić information content (AvgIpc) is 2.41. The predicted molar refractivity (Wildman–Crippen MR) is 68.6 cm³/mol. The molecule has 0 spiro atoms. The predicted octanol–water partition coefficient (Wildman–Crippen LogP) is -1.87. The summed E-state index contributed by atoms with van der Waals surface area (Å²) in [6.07, 6.45) is 5.10. The van der Waals surface area contributed by atoms with Crippen molar-refractivity contribution in [3.63, 3.8) is 0 Å². The number of aryl methyl sites for hydroxylation is 1. The van der Waals surface area contributed by atoms with Gasteiger partial charge in [-0.1, -0.05) is 0 Å². The summed E-state index contributed by atoms with van der Waals surface area (Å²) in [5, 5.41) is 17.9. The number of nitrogens with zero attached hydrogens (tertiary/aromatic N) is 2. The number of hydrogen-bond acceptors (Lipinski definition) is 3. The third kappa shape index (κ3) is 4.09. The molecule has 0 aliphatic heterocycles. The van der Waals surface area contributed by atoms with Crippen LogP contribution < -0.4 is 21.5 Å². The Labute approximate surface area is 131 Å². The van der Waals surface area contributed by atoms with Crippen LogP contribution in [0.25, 0.3) is 0 Å². The van der Waals surface area contributed by atoms with Gasteiger partial charge in [-0.25, -0.2) is 19.1 Å². The van der Waals surface area contributed by atoms with E-state index >= 15 is 0 Å². The molecule has 0 saturated heterocycles. The fourth-order valence-corrected chi connectivity index (χ4v) is 1.78. The molecule has 0 aromatic carbocycles. The second-order valence-electron chi connectivity index (χ2n) is 4.40. The smallest absolute Gasteiger partial charge is 0.355 e. The zero-order valence-corrected chi connectivity index (χ0v) is 12.7. The highest BCUT2D eigenvalue weighted by atomic mass is 79.9. The molecule has 0 amide bonds. The van der Waals surface area contributed by atoms with Crippen molar-refractivity contribution in [2.75, 3.05) is 0 Å². The molecule has 2 aromatic rings. The molecule has 0 radical (unpaired) electrons. The van der Waals surface area contributed by atoms with Crippen LogP contribution in [-0.4, -0.2) is 27.1 Å². The molecule has 0 bridgehead atoms. The minimum absolute atomic E-state index is 0.